The van der Waals surface area contributed by atoms with E-state index in [1.165, 1.54) is 12.1 Å². The normalized spacial score (nSPS) is 9.28. The van der Waals surface area contributed by atoms with E-state index in [1.54, 1.807) is 30.3 Å². The van der Waals surface area contributed by atoms with Crippen molar-refractivity contribution >= 4 is 11.4 Å². The molecule has 0 amide bonds. The Morgan fingerprint density at radius 3 is 2.28 bits per heavy atom. The Hall–Kier alpha value is -2.85. The summed E-state index contributed by atoms with van der Waals surface area (Å²) in [5.74, 6) is -0.559. The number of nitriles is 2. The van der Waals surface area contributed by atoms with Gasteiger partial charge in [-0.25, -0.2) is 4.39 Å². The number of rotatable bonds is 2. The average Bonchev–Trinajstić information content (AvgIpc) is 2.40. The monoisotopic (exact) mass is 237 g/mol. The summed E-state index contributed by atoms with van der Waals surface area (Å²) in [6.07, 6.45) is 0. The second kappa shape index (κ2) is 4.99. The minimum atomic E-state index is -0.559. The van der Waals surface area contributed by atoms with E-state index < -0.39 is 5.82 Å². The highest BCUT2D eigenvalue weighted by atomic mass is 19.1. The van der Waals surface area contributed by atoms with Gasteiger partial charge in [0.1, 0.15) is 17.4 Å². The number of hydrogen-bond acceptors (Lipinski definition) is 3. The highest BCUT2D eigenvalue weighted by molar-refractivity contribution is 5.67. The molecule has 4 heteroatoms. The van der Waals surface area contributed by atoms with Crippen LogP contribution >= 0.6 is 0 Å². The number of hydrogen-bond donors (Lipinski definition) is 1. The number of anilines is 2. The Morgan fingerprint density at radius 1 is 0.944 bits per heavy atom. The summed E-state index contributed by atoms with van der Waals surface area (Å²) in [6, 6.07) is 14.9. The van der Waals surface area contributed by atoms with Crippen LogP contribution in [-0.4, -0.2) is 0 Å². The number of nitrogens with zero attached hydrogens (tertiary/aromatic N) is 2. The molecule has 0 fully saturated rings. The molecule has 0 aliphatic heterocycles. The Bertz CT molecular complexity index is 648. The molecule has 86 valence electrons. The summed E-state index contributed by atoms with van der Waals surface area (Å²) >= 11 is 0. The van der Waals surface area contributed by atoms with Crippen molar-refractivity contribution in [2.45, 2.75) is 0 Å². The molecule has 0 aliphatic carbocycles. The van der Waals surface area contributed by atoms with Gasteiger partial charge in [0.05, 0.1) is 17.3 Å². The van der Waals surface area contributed by atoms with Gasteiger partial charge in [0.15, 0.2) is 0 Å². The summed E-state index contributed by atoms with van der Waals surface area (Å²) in [5, 5.41) is 20.5. The molecule has 0 unspecified atom stereocenters. The van der Waals surface area contributed by atoms with Crippen LogP contribution < -0.4 is 5.32 Å². The van der Waals surface area contributed by atoms with Crippen molar-refractivity contribution in [2.24, 2.45) is 0 Å². The summed E-state index contributed by atoms with van der Waals surface area (Å²) < 4.78 is 13.4. The molecule has 0 atom stereocenters. The fourth-order valence-electron chi connectivity index (χ4n) is 1.53. The molecule has 0 spiro atoms. The van der Waals surface area contributed by atoms with Crippen LogP contribution in [-0.2, 0) is 0 Å². The third kappa shape index (κ3) is 2.28. The van der Waals surface area contributed by atoms with Gasteiger partial charge in [0.2, 0.25) is 0 Å². The third-order valence-electron chi connectivity index (χ3n) is 2.42. The van der Waals surface area contributed by atoms with Gasteiger partial charge in [-0.15, -0.1) is 0 Å². The molecule has 0 saturated carbocycles. The van der Waals surface area contributed by atoms with E-state index in [4.69, 9.17) is 10.5 Å². The Morgan fingerprint density at radius 2 is 1.67 bits per heavy atom. The van der Waals surface area contributed by atoms with Crippen molar-refractivity contribution < 1.29 is 4.39 Å². The first-order valence-electron chi connectivity index (χ1n) is 5.20. The van der Waals surface area contributed by atoms with E-state index in [9.17, 15) is 4.39 Å². The molecular weight excluding hydrogens is 229 g/mol. The van der Waals surface area contributed by atoms with Gasteiger partial charge in [-0.3, -0.25) is 0 Å². The summed E-state index contributed by atoms with van der Waals surface area (Å²) in [5.41, 5.74) is 1.61. The lowest BCUT2D eigenvalue weighted by Crippen LogP contribution is -1.95. The van der Waals surface area contributed by atoms with Crippen LogP contribution in [0.4, 0.5) is 15.8 Å². The first kappa shape index (κ1) is 11.6. The van der Waals surface area contributed by atoms with Crippen molar-refractivity contribution in [3.8, 4) is 12.1 Å². The van der Waals surface area contributed by atoms with Crippen molar-refractivity contribution in [3.63, 3.8) is 0 Å². The molecule has 2 aromatic rings. The minimum absolute atomic E-state index is 0.0261. The van der Waals surface area contributed by atoms with Crippen molar-refractivity contribution in [1.82, 2.24) is 0 Å². The Balaban J connectivity index is 2.32. The molecule has 0 saturated heterocycles. The Kier molecular flexibility index (Phi) is 3.22. The lowest BCUT2D eigenvalue weighted by molar-refractivity contribution is 0.624. The van der Waals surface area contributed by atoms with Crippen LogP contribution in [0.2, 0.25) is 0 Å². The van der Waals surface area contributed by atoms with Crippen molar-refractivity contribution in [2.75, 3.05) is 5.32 Å². The van der Waals surface area contributed by atoms with Gasteiger partial charge in [0.25, 0.3) is 0 Å². The predicted octanol–water partition coefficient (Wildman–Crippen LogP) is 3.31. The average molecular weight is 237 g/mol. The largest absolute Gasteiger partial charge is 0.354 e. The van der Waals surface area contributed by atoms with E-state index >= 15 is 0 Å². The Labute approximate surface area is 104 Å². The summed E-state index contributed by atoms with van der Waals surface area (Å²) in [6.45, 7) is 0. The third-order valence-corrected chi connectivity index (χ3v) is 2.42. The SMILES string of the molecule is N#Cc1ccc(Nc2cccc(F)c2C#N)cc1. The van der Waals surface area contributed by atoms with Crippen LogP contribution in [0.3, 0.4) is 0 Å². The van der Waals surface area contributed by atoms with E-state index in [-0.39, 0.29) is 5.56 Å². The molecule has 1 N–H and O–H groups in total. The molecular formula is C14H8FN3. The molecule has 0 aliphatic rings. The molecule has 2 rings (SSSR count). The van der Waals surface area contributed by atoms with Gasteiger partial charge in [-0.05, 0) is 36.4 Å². The van der Waals surface area contributed by atoms with E-state index in [1.807, 2.05) is 12.1 Å². The zero-order valence-corrected chi connectivity index (χ0v) is 9.31. The van der Waals surface area contributed by atoms with Crippen LogP contribution in [0.25, 0.3) is 0 Å². The lowest BCUT2D eigenvalue weighted by Gasteiger charge is -2.08. The summed E-state index contributed by atoms with van der Waals surface area (Å²) in [7, 11) is 0. The number of halogens is 1. The zero-order valence-electron chi connectivity index (χ0n) is 9.31. The lowest BCUT2D eigenvalue weighted by atomic mass is 10.1. The van der Waals surface area contributed by atoms with Gasteiger partial charge >= 0.3 is 0 Å². The number of nitrogens with one attached hydrogen (secondary N) is 1. The molecule has 0 heterocycles. The smallest absolute Gasteiger partial charge is 0.143 e. The zero-order chi connectivity index (χ0) is 13.0. The fourth-order valence-corrected chi connectivity index (χ4v) is 1.53. The van der Waals surface area contributed by atoms with E-state index in [0.29, 0.717) is 16.9 Å². The van der Waals surface area contributed by atoms with Crippen LogP contribution in [0.15, 0.2) is 42.5 Å². The summed E-state index contributed by atoms with van der Waals surface area (Å²) in [4.78, 5) is 0. The van der Waals surface area contributed by atoms with Gasteiger partial charge in [-0.1, -0.05) is 6.07 Å². The van der Waals surface area contributed by atoms with Crippen LogP contribution in [0, 0.1) is 28.5 Å². The minimum Gasteiger partial charge on any atom is -0.354 e. The second-order valence-electron chi connectivity index (χ2n) is 3.59. The fraction of sp³-hybridized carbons (Fsp3) is 0. The first-order valence-corrected chi connectivity index (χ1v) is 5.20. The van der Waals surface area contributed by atoms with Crippen LogP contribution in [0.1, 0.15) is 11.1 Å². The maximum absolute atomic E-state index is 13.4. The van der Waals surface area contributed by atoms with Crippen molar-refractivity contribution in [1.29, 1.82) is 10.5 Å². The van der Waals surface area contributed by atoms with Gasteiger partial charge < -0.3 is 5.32 Å². The maximum Gasteiger partial charge on any atom is 0.143 e. The van der Waals surface area contributed by atoms with Crippen LogP contribution in [0.5, 0.6) is 0 Å². The molecule has 0 bridgehead atoms. The molecule has 3 nitrogen and oxygen atoms in total. The van der Waals surface area contributed by atoms with E-state index in [2.05, 4.69) is 5.32 Å². The van der Waals surface area contributed by atoms with E-state index in [0.717, 1.165) is 0 Å². The maximum atomic E-state index is 13.4. The van der Waals surface area contributed by atoms with Crippen molar-refractivity contribution in [3.05, 3.63) is 59.4 Å². The highest BCUT2D eigenvalue weighted by Crippen LogP contribution is 2.22. The quantitative estimate of drug-likeness (QED) is 0.871. The second-order valence-corrected chi connectivity index (χ2v) is 3.59. The molecule has 0 radical (unpaired) electrons. The van der Waals surface area contributed by atoms with Gasteiger partial charge in [0, 0.05) is 5.69 Å². The standard InChI is InChI=1S/C14H8FN3/c15-13-2-1-3-14(12(13)9-17)18-11-6-4-10(8-16)5-7-11/h1-7,18H. The number of benzene rings is 2. The predicted molar refractivity (Wildman–Crippen MR) is 65.6 cm³/mol. The highest BCUT2D eigenvalue weighted by Gasteiger charge is 2.07. The topological polar surface area (TPSA) is 59.6 Å². The molecule has 2 aromatic carbocycles. The molecule has 18 heavy (non-hydrogen) atoms. The van der Waals surface area contributed by atoms with Gasteiger partial charge in [-0.2, -0.15) is 10.5 Å². The molecule has 0 aromatic heterocycles. The first-order chi connectivity index (χ1) is 8.74.